The van der Waals surface area contributed by atoms with Crippen LogP contribution in [0.5, 0.6) is 0 Å². The molecule has 1 aliphatic heterocycles. The van der Waals surface area contributed by atoms with Gasteiger partial charge in [0.2, 0.25) is 0 Å². The summed E-state index contributed by atoms with van der Waals surface area (Å²) in [6, 6.07) is 0. The van der Waals surface area contributed by atoms with Crippen molar-refractivity contribution in [3.05, 3.63) is 0 Å². The van der Waals surface area contributed by atoms with Crippen LogP contribution < -0.4 is 5.73 Å². The predicted molar refractivity (Wildman–Crippen MR) is 37.5 cm³/mol. The summed E-state index contributed by atoms with van der Waals surface area (Å²) < 4.78 is 10.8. The lowest BCUT2D eigenvalue weighted by Gasteiger charge is -2.28. The van der Waals surface area contributed by atoms with Crippen LogP contribution in [-0.4, -0.2) is 28.1 Å². The van der Waals surface area contributed by atoms with Crippen molar-refractivity contribution in [2.45, 2.75) is 0 Å². The fourth-order valence-corrected chi connectivity index (χ4v) is 2.84. The van der Waals surface area contributed by atoms with Crippen molar-refractivity contribution in [2.24, 2.45) is 11.7 Å². The van der Waals surface area contributed by atoms with Gasteiger partial charge in [-0.3, -0.25) is 4.21 Å². The van der Waals surface area contributed by atoms with Gasteiger partial charge in [0, 0.05) is 11.5 Å². The molecule has 0 aromatic carbocycles. The smallest absolute Gasteiger partial charge is 0.0208 e. The zero-order valence-corrected chi connectivity index (χ0v) is 5.62. The minimum absolute atomic E-state index is 0.500. The molecule has 0 amide bonds. The average Bonchev–Trinajstić information content (AvgIpc) is 1.60. The van der Waals surface area contributed by atoms with Crippen LogP contribution in [0.3, 0.4) is 0 Å². The fourth-order valence-electron chi connectivity index (χ4n) is 0.946. The Morgan fingerprint density at radius 2 is 2.25 bits per heavy atom. The molecule has 2 N–H and O–H groups in total. The summed E-state index contributed by atoms with van der Waals surface area (Å²) in [5, 5.41) is 0. The van der Waals surface area contributed by atoms with Crippen LogP contribution in [0.1, 0.15) is 0 Å². The van der Waals surface area contributed by atoms with E-state index in [1.54, 1.807) is 0 Å². The summed E-state index contributed by atoms with van der Waals surface area (Å²) in [6.45, 7) is 0.673. The monoisotopic (exact) mass is 133 g/mol. The highest BCUT2D eigenvalue weighted by Gasteiger charge is 2.26. The van der Waals surface area contributed by atoms with Crippen molar-refractivity contribution in [2.75, 3.05) is 18.1 Å². The van der Waals surface area contributed by atoms with E-state index in [9.17, 15) is 4.21 Å². The van der Waals surface area contributed by atoms with E-state index in [1.807, 2.05) is 0 Å². The summed E-state index contributed by atoms with van der Waals surface area (Å²) >= 11 is 0. The van der Waals surface area contributed by atoms with Crippen LogP contribution in [0.2, 0.25) is 0 Å². The molecule has 3 heteroatoms. The quantitative estimate of drug-likeness (QED) is 0.480. The first kappa shape index (κ1) is 6.11. The Kier molecular flexibility index (Phi) is 1.33. The number of nitrogens with two attached hydrogens (primary N) is 1. The summed E-state index contributed by atoms with van der Waals surface area (Å²) in [7, 11) is -1.62. The van der Waals surface area contributed by atoms with Crippen LogP contribution in [0.15, 0.2) is 0 Å². The molecular weight excluding hydrogens is 122 g/mol. The summed E-state index contributed by atoms with van der Waals surface area (Å²) in [6.07, 6.45) is 0. The lowest BCUT2D eigenvalue weighted by atomic mass is 10.2. The molecule has 1 fully saturated rings. The van der Waals surface area contributed by atoms with Crippen LogP contribution in [-0.2, 0) is 9.52 Å². The average molecular weight is 133 g/mol. The molecular formula is C5H11NOS. The molecule has 0 aromatic rings. The molecule has 1 aliphatic rings. The van der Waals surface area contributed by atoms with E-state index in [0.717, 1.165) is 11.5 Å². The second-order valence-electron chi connectivity index (χ2n) is 2.40. The van der Waals surface area contributed by atoms with Crippen molar-refractivity contribution in [3.63, 3.8) is 0 Å². The molecule has 2 nitrogen and oxygen atoms in total. The van der Waals surface area contributed by atoms with Gasteiger partial charge in [0.05, 0.1) is 0 Å². The first-order valence-corrected chi connectivity index (χ1v) is 4.73. The first-order chi connectivity index (χ1) is 3.64. The van der Waals surface area contributed by atoms with Crippen LogP contribution in [0, 0.1) is 5.92 Å². The SMILES string of the molecule is C=S1(=O)CC(CN)C1. The van der Waals surface area contributed by atoms with Gasteiger partial charge < -0.3 is 5.73 Å². The van der Waals surface area contributed by atoms with Gasteiger partial charge in [-0.1, -0.05) is 0 Å². The van der Waals surface area contributed by atoms with Crippen molar-refractivity contribution >= 4 is 15.4 Å². The van der Waals surface area contributed by atoms with Crippen LogP contribution in [0.25, 0.3) is 0 Å². The Bertz CT molecular complexity index is 159. The van der Waals surface area contributed by atoms with Crippen molar-refractivity contribution in [3.8, 4) is 0 Å². The maximum absolute atomic E-state index is 10.8. The fraction of sp³-hybridized carbons (Fsp3) is 0.800. The summed E-state index contributed by atoms with van der Waals surface area (Å²) in [5.74, 6) is 5.55. The molecule has 1 rings (SSSR count). The van der Waals surface area contributed by atoms with E-state index >= 15 is 0 Å². The Hall–Kier alpha value is -0.0200. The van der Waals surface area contributed by atoms with Crippen LogP contribution >= 0.6 is 0 Å². The Morgan fingerprint density at radius 3 is 2.38 bits per heavy atom. The van der Waals surface area contributed by atoms with E-state index in [2.05, 4.69) is 5.87 Å². The topological polar surface area (TPSA) is 43.1 Å². The highest BCUT2D eigenvalue weighted by atomic mass is 32.2. The van der Waals surface area contributed by atoms with Crippen LogP contribution in [0.4, 0.5) is 0 Å². The molecule has 0 aliphatic carbocycles. The lowest BCUT2D eigenvalue weighted by molar-refractivity contribution is 0.591. The Morgan fingerprint density at radius 1 is 1.75 bits per heavy atom. The summed E-state index contributed by atoms with van der Waals surface area (Å²) in [4.78, 5) is 0. The van der Waals surface area contributed by atoms with Gasteiger partial charge in [0.1, 0.15) is 0 Å². The first-order valence-electron chi connectivity index (χ1n) is 2.67. The zero-order chi connectivity index (χ0) is 6.20. The molecule has 0 bridgehead atoms. The van der Waals surface area contributed by atoms with E-state index < -0.39 is 9.52 Å². The van der Waals surface area contributed by atoms with E-state index in [1.165, 1.54) is 0 Å². The normalized spacial score (nSPS) is 45.9. The molecule has 0 unspecified atom stereocenters. The largest absolute Gasteiger partial charge is 0.330 e. The Balaban J connectivity index is 2.43. The zero-order valence-electron chi connectivity index (χ0n) is 4.80. The molecule has 0 atom stereocenters. The van der Waals surface area contributed by atoms with Gasteiger partial charge in [0.15, 0.2) is 0 Å². The second-order valence-corrected chi connectivity index (χ2v) is 5.00. The highest BCUT2D eigenvalue weighted by Crippen LogP contribution is 2.15. The Labute approximate surface area is 50.1 Å². The van der Waals surface area contributed by atoms with Crippen molar-refractivity contribution in [1.29, 1.82) is 0 Å². The van der Waals surface area contributed by atoms with E-state index in [4.69, 9.17) is 5.73 Å². The third-order valence-electron chi connectivity index (χ3n) is 1.41. The molecule has 0 radical (unpaired) electrons. The molecule has 0 spiro atoms. The van der Waals surface area contributed by atoms with E-state index in [0.29, 0.717) is 12.5 Å². The standard InChI is InChI=1S/C5H11NOS/c1-8(7)3-5(2-6)4-8/h5H,1-4,6H2. The maximum Gasteiger partial charge on any atom is 0.0208 e. The number of hydrogen-bond donors (Lipinski definition) is 1. The molecule has 1 saturated heterocycles. The van der Waals surface area contributed by atoms with Gasteiger partial charge in [-0.05, 0) is 27.9 Å². The molecule has 8 heavy (non-hydrogen) atoms. The van der Waals surface area contributed by atoms with Gasteiger partial charge in [0.25, 0.3) is 0 Å². The predicted octanol–water partition coefficient (Wildman–Crippen LogP) is -0.709. The second kappa shape index (κ2) is 1.74. The van der Waals surface area contributed by atoms with E-state index in [-0.39, 0.29) is 0 Å². The minimum atomic E-state index is -1.62. The minimum Gasteiger partial charge on any atom is -0.330 e. The van der Waals surface area contributed by atoms with Crippen molar-refractivity contribution < 1.29 is 4.21 Å². The lowest BCUT2D eigenvalue weighted by Crippen LogP contribution is -2.40. The third-order valence-corrected chi connectivity index (χ3v) is 3.57. The van der Waals surface area contributed by atoms with Gasteiger partial charge >= 0.3 is 0 Å². The molecule has 1 heterocycles. The van der Waals surface area contributed by atoms with Crippen molar-refractivity contribution in [1.82, 2.24) is 0 Å². The molecule has 48 valence electrons. The third kappa shape index (κ3) is 1.03. The maximum atomic E-state index is 10.8. The number of rotatable bonds is 1. The molecule has 0 saturated carbocycles. The molecule has 0 aromatic heterocycles. The summed E-state index contributed by atoms with van der Waals surface area (Å²) in [5.41, 5.74) is 5.30. The highest BCUT2D eigenvalue weighted by molar-refractivity contribution is 8.01. The van der Waals surface area contributed by atoms with Gasteiger partial charge in [-0.2, -0.15) is 0 Å². The number of hydrogen-bond acceptors (Lipinski definition) is 2. The van der Waals surface area contributed by atoms with Gasteiger partial charge in [-0.15, -0.1) is 0 Å². The van der Waals surface area contributed by atoms with Gasteiger partial charge in [-0.25, -0.2) is 0 Å².